The molecule has 0 spiro atoms. The van der Waals surface area contributed by atoms with E-state index in [0.717, 1.165) is 41.3 Å². The lowest BCUT2D eigenvalue weighted by molar-refractivity contribution is 0.396. The molecule has 0 atom stereocenters. The maximum Gasteiger partial charge on any atom is 0.216 e. The van der Waals surface area contributed by atoms with E-state index in [1.807, 2.05) is 6.07 Å². The van der Waals surface area contributed by atoms with Gasteiger partial charge in [0.15, 0.2) is 5.82 Å². The summed E-state index contributed by atoms with van der Waals surface area (Å²) in [5.41, 5.74) is 4.19. The highest BCUT2D eigenvalue weighted by atomic mass is 16.5. The highest BCUT2D eigenvalue weighted by molar-refractivity contribution is 5.57. The first-order valence-corrected chi connectivity index (χ1v) is 8.38. The number of aryl methyl sites for hydroxylation is 1. The zero-order valence-electron chi connectivity index (χ0n) is 15.1. The molecule has 23 heavy (non-hydrogen) atoms. The molecule has 0 bridgehead atoms. The van der Waals surface area contributed by atoms with Crippen LogP contribution in [-0.4, -0.2) is 22.1 Å². The second-order valence-electron chi connectivity index (χ2n) is 6.49. The zero-order chi connectivity index (χ0) is 17.0. The fourth-order valence-corrected chi connectivity index (χ4v) is 2.38. The van der Waals surface area contributed by atoms with Crippen molar-refractivity contribution in [2.75, 3.05) is 7.11 Å². The molecule has 0 aliphatic carbocycles. The molecule has 0 aromatic carbocycles. The number of ether oxygens (including phenoxy) is 1. The van der Waals surface area contributed by atoms with Crippen LogP contribution in [0.2, 0.25) is 0 Å². The van der Waals surface area contributed by atoms with Gasteiger partial charge in [-0.25, -0.2) is 4.98 Å². The van der Waals surface area contributed by atoms with Gasteiger partial charge in [0, 0.05) is 28.7 Å². The maximum atomic E-state index is 5.35. The quantitative estimate of drug-likeness (QED) is 0.772. The molecule has 0 radical (unpaired) electrons. The van der Waals surface area contributed by atoms with Crippen molar-refractivity contribution in [1.82, 2.24) is 15.0 Å². The van der Waals surface area contributed by atoms with Gasteiger partial charge in [0.2, 0.25) is 5.88 Å². The molecule has 2 aromatic rings. The Morgan fingerprint density at radius 3 is 2.00 bits per heavy atom. The Hall–Kier alpha value is -1.97. The van der Waals surface area contributed by atoms with E-state index < -0.39 is 0 Å². The number of methoxy groups -OCH3 is 1. The van der Waals surface area contributed by atoms with Crippen molar-refractivity contribution in [1.29, 1.82) is 0 Å². The molecule has 0 unspecified atom stereocenters. The minimum atomic E-state index is 0.369. The Morgan fingerprint density at radius 2 is 1.52 bits per heavy atom. The monoisotopic (exact) mass is 313 g/mol. The first-order valence-electron chi connectivity index (χ1n) is 8.38. The van der Waals surface area contributed by atoms with Crippen molar-refractivity contribution in [2.45, 2.75) is 59.3 Å². The van der Waals surface area contributed by atoms with E-state index in [0.29, 0.717) is 17.7 Å². The normalized spacial score (nSPS) is 11.3. The zero-order valence-corrected chi connectivity index (χ0v) is 15.1. The molecule has 0 aliphatic rings. The molecular weight excluding hydrogens is 286 g/mol. The van der Waals surface area contributed by atoms with E-state index >= 15 is 0 Å². The molecule has 2 heterocycles. The topological polar surface area (TPSA) is 47.9 Å². The van der Waals surface area contributed by atoms with Gasteiger partial charge in [0.1, 0.15) is 0 Å². The van der Waals surface area contributed by atoms with E-state index in [9.17, 15) is 0 Å². The fourth-order valence-electron chi connectivity index (χ4n) is 2.38. The number of rotatable bonds is 6. The van der Waals surface area contributed by atoms with Gasteiger partial charge < -0.3 is 4.74 Å². The first kappa shape index (κ1) is 17.4. The van der Waals surface area contributed by atoms with Crippen LogP contribution < -0.4 is 4.74 Å². The molecule has 0 saturated heterocycles. The number of aromatic nitrogens is 3. The third kappa shape index (κ3) is 4.27. The number of hydrogen-bond acceptors (Lipinski definition) is 4. The van der Waals surface area contributed by atoms with E-state index in [2.05, 4.69) is 51.7 Å². The van der Waals surface area contributed by atoms with Gasteiger partial charge in [-0.1, -0.05) is 41.0 Å². The summed E-state index contributed by atoms with van der Waals surface area (Å²) < 4.78 is 5.35. The predicted octanol–water partition coefficient (Wildman–Crippen LogP) is 4.75. The third-order valence-electron chi connectivity index (χ3n) is 3.78. The standard InChI is InChI=1S/C19H27N3O/c1-7-8-15-11-18(23-6)22-19(20-15)14-9-16(12(2)3)21-17(10-14)13(4)5/h9-13H,7-8H2,1-6H3. The van der Waals surface area contributed by atoms with E-state index in [1.54, 1.807) is 7.11 Å². The summed E-state index contributed by atoms with van der Waals surface area (Å²) in [7, 11) is 1.65. The number of pyridine rings is 1. The lowest BCUT2D eigenvalue weighted by Gasteiger charge is -2.13. The molecule has 2 aromatic heterocycles. The van der Waals surface area contributed by atoms with Gasteiger partial charge in [-0.15, -0.1) is 0 Å². The van der Waals surface area contributed by atoms with Crippen molar-refractivity contribution in [3.8, 4) is 17.3 Å². The van der Waals surface area contributed by atoms with Gasteiger partial charge in [-0.3, -0.25) is 4.98 Å². The van der Waals surface area contributed by atoms with Crippen molar-refractivity contribution in [2.24, 2.45) is 0 Å². The molecule has 0 fully saturated rings. The fraction of sp³-hybridized carbons (Fsp3) is 0.526. The lowest BCUT2D eigenvalue weighted by atomic mass is 10.0. The largest absolute Gasteiger partial charge is 0.481 e. The Balaban J connectivity index is 2.57. The van der Waals surface area contributed by atoms with Crippen molar-refractivity contribution in [3.63, 3.8) is 0 Å². The molecule has 4 heteroatoms. The van der Waals surface area contributed by atoms with E-state index in [-0.39, 0.29) is 0 Å². The van der Waals surface area contributed by atoms with Crippen LogP contribution in [0.15, 0.2) is 18.2 Å². The summed E-state index contributed by atoms with van der Waals surface area (Å²) in [6, 6.07) is 6.11. The van der Waals surface area contributed by atoms with Crippen LogP contribution in [0.4, 0.5) is 0 Å². The Labute approximate surface area is 139 Å². The van der Waals surface area contributed by atoms with Crippen molar-refractivity contribution >= 4 is 0 Å². The van der Waals surface area contributed by atoms with Crippen LogP contribution in [0.1, 0.15) is 70.0 Å². The van der Waals surface area contributed by atoms with Crippen LogP contribution in [0.5, 0.6) is 5.88 Å². The number of nitrogens with zero attached hydrogens (tertiary/aromatic N) is 3. The molecular formula is C19H27N3O. The lowest BCUT2D eigenvalue weighted by Crippen LogP contribution is -2.03. The molecule has 0 saturated carbocycles. The molecule has 4 nitrogen and oxygen atoms in total. The van der Waals surface area contributed by atoms with Gasteiger partial charge in [-0.2, -0.15) is 4.98 Å². The molecule has 0 N–H and O–H groups in total. The van der Waals surface area contributed by atoms with Crippen LogP contribution in [0.25, 0.3) is 11.4 Å². The summed E-state index contributed by atoms with van der Waals surface area (Å²) in [6.07, 6.45) is 1.97. The average Bonchev–Trinajstić information content (AvgIpc) is 2.54. The Kier molecular flexibility index (Phi) is 5.69. The first-order chi connectivity index (χ1) is 10.9. The average molecular weight is 313 g/mol. The van der Waals surface area contributed by atoms with Crippen LogP contribution in [0.3, 0.4) is 0 Å². The highest BCUT2D eigenvalue weighted by Crippen LogP contribution is 2.26. The summed E-state index contributed by atoms with van der Waals surface area (Å²) in [5, 5.41) is 0. The molecule has 0 amide bonds. The van der Waals surface area contributed by atoms with E-state index in [4.69, 9.17) is 14.7 Å². The molecule has 124 valence electrons. The summed E-state index contributed by atoms with van der Waals surface area (Å²) in [6.45, 7) is 10.8. The van der Waals surface area contributed by atoms with Gasteiger partial charge >= 0.3 is 0 Å². The van der Waals surface area contributed by atoms with Crippen LogP contribution in [0, 0.1) is 0 Å². The van der Waals surface area contributed by atoms with Gasteiger partial charge in [-0.05, 0) is 30.4 Å². The van der Waals surface area contributed by atoms with Crippen LogP contribution >= 0.6 is 0 Å². The third-order valence-corrected chi connectivity index (χ3v) is 3.78. The number of hydrogen-bond donors (Lipinski definition) is 0. The Bertz CT molecular complexity index is 639. The highest BCUT2D eigenvalue weighted by Gasteiger charge is 2.13. The van der Waals surface area contributed by atoms with Gasteiger partial charge in [0.25, 0.3) is 0 Å². The maximum absolute atomic E-state index is 5.35. The second kappa shape index (κ2) is 7.53. The summed E-state index contributed by atoms with van der Waals surface area (Å²) in [5.74, 6) is 2.08. The predicted molar refractivity (Wildman–Crippen MR) is 94.0 cm³/mol. The Morgan fingerprint density at radius 1 is 0.913 bits per heavy atom. The van der Waals surface area contributed by atoms with Crippen LogP contribution in [-0.2, 0) is 6.42 Å². The summed E-state index contributed by atoms with van der Waals surface area (Å²) >= 11 is 0. The molecule has 0 aliphatic heterocycles. The minimum absolute atomic E-state index is 0.369. The smallest absolute Gasteiger partial charge is 0.216 e. The minimum Gasteiger partial charge on any atom is -0.481 e. The van der Waals surface area contributed by atoms with Gasteiger partial charge in [0.05, 0.1) is 7.11 Å². The van der Waals surface area contributed by atoms with Crippen molar-refractivity contribution in [3.05, 3.63) is 35.3 Å². The molecule has 2 rings (SSSR count). The second-order valence-corrected chi connectivity index (χ2v) is 6.49. The van der Waals surface area contributed by atoms with E-state index in [1.165, 1.54) is 0 Å². The van der Waals surface area contributed by atoms with Crippen molar-refractivity contribution < 1.29 is 4.74 Å². The SMILES string of the molecule is CCCc1cc(OC)nc(-c2cc(C(C)C)nc(C(C)C)c2)n1. The summed E-state index contributed by atoms with van der Waals surface area (Å²) in [4.78, 5) is 14.0.